The fourth-order valence-electron chi connectivity index (χ4n) is 3.59. The Balaban J connectivity index is 1.62. The summed E-state index contributed by atoms with van der Waals surface area (Å²) in [6.45, 7) is 7.30. The van der Waals surface area contributed by atoms with Crippen molar-refractivity contribution in [1.82, 2.24) is 14.4 Å². The van der Waals surface area contributed by atoms with E-state index in [1.165, 1.54) is 4.57 Å². The van der Waals surface area contributed by atoms with Gasteiger partial charge in [-0.2, -0.15) is 0 Å². The largest absolute Gasteiger partial charge is 0.420 e. The number of oxazole rings is 1. The van der Waals surface area contributed by atoms with E-state index in [1.54, 1.807) is 30.1 Å². The molecule has 1 aromatic carbocycles. The molecule has 3 rings (SSSR count). The number of carbonyl (C=O) groups excluding carboxylic acids is 1. The number of carbonyl (C=O) groups is 1. The van der Waals surface area contributed by atoms with Gasteiger partial charge < -0.3 is 14.2 Å². The standard InChI is InChI=1S/C19H26ClN3O3/c1-13(2)22-8-6-14(7-9-22)11-21(3)18(24)12-23-16-5-4-15(20)10-17(16)26-19(23)25/h4-5,10,13-14H,6-9,11-12H2,1-3H3. The maximum absolute atomic E-state index is 12.6. The van der Waals surface area contributed by atoms with Gasteiger partial charge >= 0.3 is 5.76 Å². The number of rotatable bonds is 5. The van der Waals surface area contributed by atoms with Crippen molar-refractivity contribution < 1.29 is 9.21 Å². The topological polar surface area (TPSA) is 58.7 Å². The van der Waals surface area contributed by atoms with E-state index in [-0.39, 0.29) is 12.5 Å². The number of piperidine rings is 1. The number of fused-ring (bicyclic) bond motifs is 1. The van der Waals surface area contributed by atoms with Crippen molar-refractivity contribution in [1.29, 1.82) is 0 Å². The van der Waals surface area contributed by atoms with Gasteiger partial charge in [-0.1, -0.05) is 11.6 Å². The number of amides is 1. The number of nitrogens with zero attached hydrogens (tertiary/aromatic N) is 3. The van der Waals surface area contributed by atoms with Crippen LogP contribution in [0.25, 0.3) is 11.1 Å². The lowest BCUT2D eigenvalue weighted by molar-refractivity contribution is -0.131. The third kappa shape index (κ3) is 4.13. The fourth-order valence-corrected chi connectivity index (χ4v) is 3.75. The molecule has 0 spiro atoms. The van der Waals surface area contributed by atoms with E-state index in [4.69, 9.17) is 16.0 Å². The molecule has 2 heterocycles. The van der Waals surface area contributed by atoms with Crippen molar-refractivity contribution in [3.8, 4) is 0 Å². The van der Waals surface area contributed by atoms with Gasteiger partial charge in [-0.15, -0.1) is 0 Å². The molecule has 0 N–H and O–H groups in total. The number of likely N-dealkylation sites (N-methyl/N-ethyl adjacent to an activating group) is 1. The molecule has 1 fully saturated rings. The summed E-state index contributed by atoms with van der Waals surface area (Å²) in [6, 6.07) is 5.56. The van der Waals surface area contributed by atoms with Gasteiger partial charge in [0.15, 0.2) is 5.58 Å². The summed E-state index contributed by atoms with van der Waals surface area (Å²) in [5, 5.41) is 0.495. The molecule has 0 aliphatic carbocycles. The molecule has 1 aromatic heterocycles. The van der Waals surface area contributed by atoms with E-state index < -0.39 is 5.76 Å². The van der Waals surface area contributed by atoms with Crippen LogP contribution in [0.2, 0.25) is 5.02 Å². The minimum Gasteiger partial charge on any atom is -0.408 e. The van der Waals surface area contributed by atoms with Crippen LogP contribution in [-0.4, -0.2) is 53.0 Å². The van der Waals surface area contributed by atoms with Crippen LogP contribution in [0, 0.1) is 5.92 Å². The van der Waals surface area contributed by atoms with Gasteiger partial charge in [-0.3, -0.25) is 9.36 Å². The third-order valence-electron chi connectivity index (χ3n) is 5.26. The number of likely N-dealkylation sites (tertiary alicyclic amines) is 1. The molecule has 0 unspecified atom stereocenters. The van der Waals surface area contributed by atoms with Crippen LogP contribution in [-0.2, 0) is 11.3 Å². The zero-order chi connectivity index (χ0) is 18.8. The molecule has 7 heteroatoms. The normalized spacial score (nSPS) is 16.5. The summed E-state index contributed by atoms with van der Waals surface area (Å²) in [5.74, 6) is -0.110. The molecular weight excluding hydrogens is 354 g/mol. The lowest BCUT2D eigenvalue weighted by atomic mass is 9.95. The Bertz CT molecular complexity index is 834. The van der Waals surface area contributed by atoms with E-state index in [2.05, 4.69) is 18.7 Å². The van der Waals surface area contributed by atoms with Crippen LogP contribution in [0.3, 0.4) is 0 Å². The highest BCUT2D eigenvalue weighted by Gasteiger charge is 2.24. The van der Waals surface area contributed by atoms with Gasteiger partial charge in [0.25, 0.3) is 0 Å². The summed E-state index contributed by atoms with van der Waals surface area (Å²) in [7, 11) is 1.81. The van der Waals surface area contributed by atoms with Crippen molar-refractivity contribution in [2.45, 2.75) is 39.3 Å². The minimum atomic E-state index is -0.533. The van der Waals surface area contributed by atoms with Crippen LogP contribution < -0.4 is 5.76 Å². The van der Waals surface area contributed by atoms with Gasteiger partial charge in [0.2, 0.25) is 5.91 Å². The molecule has 1 aliphatic rings. The predicted molar refractivity (Wildman–Crippen MR) is 103 cm³/mol. The van der Waals surface area contributed by atoms with E-state index >= 15 is 0 Å². The number of hydrogen-bond donors (Lipinski definition) is 0. The van der Waals surface area contributed by atoms with E-state index in [1.807, 2.05) is 0 Å². The van der Waals surface area contributed by atoms with Gasteiger partial charge in [0, 0.05) is 30.7 Å². The molecule has 1 amide bonds. The SMILES string of the molecule is CC(C)N1CCC(CN(C)C(=O)Cn2c(=O)oc3cc(Cl)ccc32)CC1. The summed E-state index contributed by atoms with van der Waals surface area (Å²) in [6.07, 6.45) is 2.20. The molecular formula is C19H26ClN3O3. The summed E-state index contributed by atoms with van der Waals surface area (Å²) in [4.78, 5) is 28.9. The van der Waals surface area contributed by atoms with E-state index in [0.717, 1.165) is 32.5 Å². The maximum Gasteiger partial charge on any atom is 0.420 e. The van der Waals surface area contributed by atoms with E-state index in [0.29, 0.717) is 28.1 Å². The van der Waals surface area contributed by atoms with Gasteiger partial charge in [0.05, 0.1) is 5.52 Å². The Kier molecular flexibility index (Phi) is 5.73. The van der Waals surface area contributed by atoms with Crippen LogP contribution in [0.4, 0.5) is 0 Å². The highest BCUT2D eigenvalue weighted by molar-refractivity contribution is 6.31. The van der Waals surface area contributed by atoms with Crippen molar-refractivity contribution in [2.24, 2.45) is 5.92 Å². The second-order valence-electron chi connectivity index (χ2n) is 7.41. The fraction of sp³-hybridized carbons (Fsp3) is 0.579. The molecule has 0 bridgehead atoms. The molecule has 6 nitrogen and oxygen atoms in total. The van der Waals surface area contributed by atoms with E-state index in [9.17, 15) is 9.59 Å². The Morgan fingerprint density at radius 1 is 1.35 bits per heavy atom. The molecule has 142 valence electrons. The minimum absolute atomic E-state index is 0.0190. The monoisotopic (exact) mass is 379 g/mol. The van der Waals surface area contributed by atoms with Crippen molar-refractivity contribution in [3.63, 3.8) is 0 Å². The molecule has 1 aliphatic heterocycles. The average Bonchev–Trinajstić information content (AvgIpc) is 2.89. The number of hydrogen-bond acceptors (Lipinski definition) is 4. The number of benzene rings is 1. The summed E-state index contributed by atoms with van der Waals surface area (Å²) >= 11 is 5.92. The second kappa shape index (κ2) is 7.84. The van der Waals surface area contributed by atoms with Crippen molar-refractivity contribution >= 4 is 28.6 Å². The molecule has 26 heavy (non-hydrogen) atoms. The Hall–Kier alpha value is -1.79. The zero-order valence-electron chi connectivity index (χ0n) is 15.6. The molecule has 0 radical (unpaired) electrons. The molecule has 0 saturated carbocycles. The van der Waals surface area contributed by atoms with Gasteiger partial charge in [0.1, 0.15) is 6.54 Å². The average molecular weight is 380 g/mol. The number of aromatic nitrogens is 1. The Labute approximate surface area is 158 Å². The molecule has 1 saturated heterocycles. The highest BCUT2D eigenvalue weighted by Crippen LogP contribution is 2.21. The predicted octanol–water partition coefficient (Wildman–Crippen LogP) is 2.83. The first-order valence-electron chi connectivity index (χ1n) is 9.12. The first-order chi connectivity index (χ1) is 12.3. The third-order valence-corrected chi connectivity index (χ3v) is 5.50. The first kappa shape index (κ1) is 19.0. The molecule has 0 atom stereocenters. The first-order valence-corrected chi connectivity index (χ1v) is 9.50. The summed E-state index contributed by atoms with van der Waals surface area (Å²) in [5.41, 5.74) is 0.991. The van der Waals surface area contributed by atoms with Crippen LogP contribution in [0.1, 0.15) is 26.7 Å². The second-order valence-corrected chi connectivity index (χ2v) is 7.85. The quantitative estimate of drug-likeness (QED) is 0.801. The lowest BCUT2D eigenvalue weighted by Crippen LogP contribution is -2.42. The number of halogens is 1. The van der Waals surface area contributed by atoms with Crippen molar-refractivity contribution in [2.75, 3.05) is 26.7 Å². The highest BCUT2D eigenvalue weighted by atomic mass is 35.5. The Morgan fingerprint density at radius 3 is 2.69 bits per heavy atom. The van der Waals surface area contributed by atoms with Gasteiger partial charge in [-0.05, 0) is 57.8 Å². The van der Waals surface area contributed by atoms with Gasteiger partial charge in [-0.25, -0.2) is 4.79 Å². The Morgan fingerprint density at radius 2 is 2.04 bits per heavy atom. The van der Waals surface area contributed by atoms with Crippen LogP contribution in [0.15, 0.2) is 27.4 Å². The summed E-state index contributed by atoms with van der Waals surface area (Å²) < 4.78 is 6.56. The van der Waals surface area contributed by atoms with Crippen LogP contribution >= 0.6 is 11.6 Å². The maximum atomic E-state index is 12.6. The zero-order valence-corrected chi connectivity index (χ0v) is 16.3. The smallest absolute Gasteiger partial charge is 0.408 e. The van der Waals surface area contributed by atoms with Crippen molar-refractivity contribution in [3.05, 3.63) is 33.8 Å². The van der Waals surface area contributed by atoms with Crippen LogP contribution in [0.5, 0.6) is 0 Å². The lowest BCUT2D eigenvalue weighted by Gasteiger charge is -2.36. The molecule has 2 aromatic rings.